The first kappa shape index (κ1) is 16.3. The monoisotopic (exact) mass is 288 g/mol. The molecule has 0 unspecified atom stereocenters. The van der Waals surface area contributed by atoms with Gasteiger partial charge in [0.1, 0.15) is 11.5 Å². The molecule has 0 aliphatic heterocycles. The fraction of sp³-hybridized carbons (Fsp3) is 0.412. The lowest BCUT2D eigenvalue weighted by Gasteiger charge is -1.92. The van der Waals surface area contributed by atoms with E-state index in [-0.39, 0.29) is 11.5 Å². The molecule has 20 heavy (non-hydrogen) atoms. The van der Waals surface area contributed by atoms with Crippen LogP contribution in [-0.4, -0.2) is 19.9 Å². The van der Waals surface area contributed by atoms with Crippen molar-refractivity contribution in [2.75, 3.05) is 11.5 Å². The minimum Gasteiger partial charge on any atom is -0.227 e. The van der Waals surface area contributed by atoms with Crippen molar-refractivity contribution in [3.8, 4) is 23.7 Å². The third-order valence-corrected chi connectivity index (χ3v) is 3.79. The summed E-state index contributed by atoms with van der Waals surface area (Å²) in [5.74, 6) is 10.9. The summed E-state index contributed by atoms with van der Waals surface area (Å²) in [6, 6.07) is 9.36. The van der Waals surface area contributed by atoms with Gasteiger partial charge in [-0.1, -0.05) is 55.7 Å². The van der Waals surface area contributed by atoms with Crippen LogP contribution in [0.1, 0.15) is 38.2 Å². The standard InChI is InChI=1S/C17H20O2S/c1-2-3-4-5-6-10-15-20(18,19)16-11-14-17-12-8-7-9-13-17/h7-9,12-13H,2-5,15-16H2,1H3. The van der Waals surface area contributed by atoms with Gasteiger partial charge in [0.25, 0.3) is 0 Å². The number of benzene rings is 1. The lowest BCUT2D eigenvalue weighted by Crippen LogP contribution is -2.08. The Bertz CT molecular complexity index is 608. The van der Waals surface area contributed by atoms with Gasteiger partial charge in [0.05, 0.1) is 0 Å². The third-order valence-electron chi connectivity index (χ3n) is 2.62. The molecule has 3 heteroatoms. The maximum atomic E-state index is 11.7. The fourth-order valence-electron chi connectivity index (χ4n) is 1.53. The first-order valence-electron chi connectivity index (χ1n) is 6.84. The summed E-state index contributed by atoms with van der Waals surface area (Å²) >= 11 is 0. The van der Waals surface area contributed by atoms with E-state index in [4.69, 9.17) is 0 Å². The molecule has 0 saturated carbocycles. The minimum absolute atomic E-state index is 0.0946. The molecule has 106 valence electrons. The minimum atomic E-state index is -3.19. The molecule has 0 amide bonds. The van der Waals surface area contributed by atoms with E-state index in [2.05, 4.69) is 30.6 Å². The van der Waals surface area contributed by atoms with Crippen molar-refractivity contribution in [3.05, 3.63) is 35.9 Å². The van der Waals surface area contributed by atoms with Gasteiger partial charge in [-0.3, -0.25) is 0 Å². The summed E-state index contributed by atoms with van der Waals surface area (Å²) < 4.78 is 23.4. The van der Waals surface area contributed by atoms with Crippen LogP contribution in [0.3, 0.4) is 0 Å². The van der Waals surface area contributed by atoms with E-state index < -0.39 is 9.84 Å². The average Bonchev–Trinajstić information content (AvgIpc) is 2.44. The van der Waals surface area contributed by atoms with Crippen LogP contribution in [0.4, 0.5) is 0 Å². The van der Waals surface area contributed by atoms with Gasteiger partial charge < -0.3 is 0 Å². The summed E-state index contributed by atoms with van der Waals surface area (Å²) in [7, 11) is -3.19. The number of rotatable bonds is 5. The molecule has 0 heterocycles. The summed E-state index contributed by atoms with van der Waals surface area (Å²) in [4.78, 5) is 0. The molecule has 0 fully saturated rings. The van der Waals surface area contributed by atoms with Crippen molar-refractivity contribution in [1.82, 2.24) is 0 Å². The van der Waals surface area contributed by atoms with Crippen LogP contribution >= 0.6 is 0 Å². The smallest absolute Gasteiger partial charge is 0.172 e. The van der Waals surface area contributed by atoms with E-state index >= 15 is 0 Å². The topological polar surface area (TPSA) is 34.1 Å². The van der Waals surface area contributed by atoms with Gasteiger partial charge in [0, 0.05) is 12.0 Å². The van der Waals surface area contributed by atoms with Crippen LogP contribution in [0.2, 0.25) is 0 Å². The Labute approximate surface area is 122 Å². The van der Waals surface area contributed by atoms with Crippen LogP contribution in [0.25, 0.3) is 0 Å². The second-order valence-electron chi connectivity index (χ2n) is 4.51. The zero-order valence-corrected chi connectivity index (χ0v) is 12.7. The number of unbranched alkanes of at least 4 members (excludes halogenated alkanes) is 3. The molecular weight excluding hydrogens is 268 g/mol. The zero-order valence-electron chi connectivity index (χ0n) is 11.9. The van der Waals surface area contributed by atoms with Crippen molar-refractivity contribution >= 4 is 9.84 Å². The molecule has 0 N–H and O–H groups in total. The number of hydrogen-bond acceptors (Lipinski definition) is 2. The normalized spacial score (nSPS) is 10.1. The maximum absolute atomic E-state index is 11.7. The molecule has 1 aromatic carbocycles. The van der Waals surface area contributed by atoms with E-state index in [1.165, 1.54) is 0 Å². The van der Waals surface area contributed by atoms with Crippen molar-refractivity contribution < 1.29 is 8.42 Å². The van der Waals surface area contributed by atoms with E-state index in [1.807, 2.05) is 30.3 Å². The van der Waals surface area contributed by atoms with E-state index in [9.17, 15) is 8.42 Å². The van der Waals surface area contributed by atoms with Gasteiger partial charge in [-0.05, 0) is 18.6 Å². The molecular formula is C17H20O2S. The Hall–Kier alpha value is -1.71. The number of hydrogen-bond donors (Lipinski definition) is 0. The van der Waals surface area contributed by atoms with E-state index in [0.29, 0.717) is 0 Å². The SMILES string of the molecule is CCCCCC#CCS(=O)(=O)CC#Cc1ccccc1. The molecule has 1 aromatic rings. The molecule has 0 spiro atoms. The Kier molecular flexibility index (Phi) is 7.55. The van der Waals surface area contributed by atoms with Gasteiger partial charge in [-0.15, -0.1) is 5.92 Å². The average molecular weight is 288 g/mol. The van der Waals surface area contributed by atoms with Gasteiger partial charge in [0.2, 0.25) is 0 Å². The van der Waals surface area contributed by atoms with Gasteiger partial charge in [-0.25, -0.2) is 8.42 Å². The lowest BCUT2D eigenvalue weighted by molar-refractivity contribution is 0.602. The molecule has 0 saturated heterocycles. The summed E-state index contributed by atoms with van der Waals surface area (Å²) in [5.41, 5.74) is 0.827. The molecule has 1 rings (SSSR count). The summed E-state index contributed by atoms with van der Waals surface area (Å²) in [6.07, 6.45) is 4.11. The summed E-state index contributed by atoms with van der Waals surface area (Å²) in [6.45, 7) is 2.13. The molecule has 0 aromatic heterocycles. The molecule has 0 radical (unpaired) electrons. The Morgan fingerprint density at radius 2 is 1.65 bits per heavy atom. The highest BCUT2D eigenvalue weighted by Crippen LogP contribution is 1.97. The molecule has 0 aliphatic carbocycles. The van der Waals surface area contributed by atoms with Gasteiger partial charge in [-0.2, -0.15) is 0 Å². The maximum Gasteiger partial charge on any atom is 0.172 e. The van der Waals surface area contributed by atoms with Crippen molar-refractivity contribution in [1.29, 1.82) is 0 Å². The van der Waals surface area contributed by atoms with E-state index in [0.717, 1.165) is 31.2 Å². The van der Waals surface area contributed by atoms with Crippen LogP contribution in [0.5, 0.6) is 0 Å². The van der Waals surface area contributed by atoms with Crippen molar-refractivity contribution in [2.24, 2.45) is 0 Å². The van der Waals surface area contributed by atoms with Crippen molar-refractivity contribution in [2.45, 2.75) is 32.6 Å². The van der Waals surface area contributed by atoms with Crippen LogP contribution in [0.15, 0.2) is 30.3 Å². The molecule has 0 atom stereocenters. The van der Waals surface area contributed by atoms with Gasteiger partial charge in [0.15, 0.2) is 9.84 Å². The highest BCUT2D eigenvalue weighted by atomic mass is 32.2. The zero-order chi connectivity index (χ0) is 14.7. The van der Waals surface area contributed by atoms with Crippen molar-refractivity contribution in [3.63, 3.8) is 0 Å². The first-order valence-corrected chi connectivity index (χ1v) is 8.66. The second-order valence-corrected chi connectivity index (χ2v) is 6.58. The number of sulfone groups is 1. The Balaban J connectivity index is 2.41. The predicted molar refractivity (Wildman–Crippen MR) is 83.9 cm³/mol. The van der Waals surface area contributed by atoms with Gasteiger partial charge >= 0.3 is 0 Å². The highest BCUT2D eigenvalue weighted by molar-refractivity contribution is 7.91. The molecule has 0 bridgehead atoms. The third kappa shape index (κ3) is 7.67. The first-order chi connectivity index (χ1) is 9.64. The van der Waals surface area contributed by atoms with Crippen LogP contribution in [-0.2, 0) is 9.84 Å². The second kappa shape index (κ2) is 9.23. The largest absolute Gasteiger partial charge is 0.227 e. The Morgan fingerprint density at radius 1 is 0.950 bits per heavy atom. The Morgan fingerprint density at radius 3 is 2.35 bits per heavy atom. The molecule has 0 aliphatic rings. The van der Waals surface area contributed by atoms with Crippen LogP contribution in [0, 0.1) is 23.7 Å². The summed E-state index contributed by atoms with van der Waals surface area (Å²) in [5, 5.41) is 0. The quantitative estimate of drug-likeness (QED) is 0.616. The lowest BCUT2D eigenvalue weighted by atomic mass is 10.2. The molecule has 2 nitrogen and oxygen atoms in total. The fourth-order valence-corrected chi connectivity index (χ4v) is 2.25. The predicted octanol–water partition coefficient (Wildman–Crippen LogP) is 3.04. The van der Waals surface area contributed by atoms with Crippen LogP contribution < -0.4 is 0 Å². The highest BCUT2D eigenvalue weighted by Gasteiger charge is 2.05. The van der Waals surface area contributed by atoms with E-state index in [1.54, 1.807) is 0 Å².